The van der Waals surface area contributed by atoms with E-state index in [-0.39, 0.29) is 5.82 Å². The fourth-order valence-corrected chi connectivity index (χ4v) is 1.82. The Morgan fingerprint density at radius 1 is 1.29 bits per heavy atom. The maximum atomic E-state index is 13.1. The number of benzene rings is 1. The van der Waals surface area contributed by atoms with Gasteiger partial charge >= 0.3 is 0 Å². The molecule has 0 radical (unpaired) electrons. The third kappa shape index (κ3) is 5.18. The smallest absolute Gasteiger partial charge is 0.123 e. The summed E-state index contributed by atoms with van der Waals surface area (Å²) in [6, 6.07) is 4.57. The molecule has 96 valence electrons. The van der Waals surface area contributed by atoms with E-state index >= 15 is 0 Å². The van der Waals surface area contributed by atoms with Gasteiger partial charge in [-0.1, -0.05) is 6.42 Å². The number of hydrogen-bond donors (Lipinski definition) is 1. The van der Waals surface area contributed by atoms with Crippen LogP contribution in [-0.2, 0) is 6.42 Å². The molecule has 0 aromatic heterocycles. The van der Waals surface area contributed by atoms with Crippen molar-refractivity contribution >= 4 is 0 Å². The van der Waals surface area contributed by atoms with Gasteiger partial charge in [-0.05, 0) is 56.9 Å². The average molecular weight is 240 g/mol. The first-order valence-corrected chi connectivity index (χ1v) is 5.97. The summed E-state index contributed by atoms with van der Waals surface area (Å²) >= 11 is 0. The van der Waals surface area contributed by atoms with Crippen molar-refractivity contribution in [2.45, 2.75) is 45.1 Å². The van der Waals surface area contributed by atoms with Crippen molar-refractivity contribution in [1.82, 2.24) is 0 Å². The van der Waals surface area contributed by atoms with Crippen molar-refractivity contribution in [2.75, 3.05) is 7.11 Å². The first kappa shape index (κ1) is 14.0. The number of ether oxygens (including phenoxy) is 1. The highest BCUT2D eigenvalue weighted by Crippen LogP contribution is 2.22. The highest BCUT2D eigenvalue weighted by molar-refractivity contribution is 5.33. The molecular formula is C14H21FO2. The predicted octanol–water partition coefficient (Wildman–Crippen LogP) is 3.32. The summed E-state index contributed by atoms with van der Waals surface area (Å²) in [7, 11) is 1.59. The van der Waals surface area contributed by atoms with Gasteiger partial charge in [-0.25, -0.2) is 4.39 Å². The van der Waals surface area contributed by atoms with E-state index in [0.29, 0.717) is 0 Å². The van der Waals surface area contributed by atoms with Gasteiger partial charge in [-0.2, -0.15) is 0 Å². The van der Waals surface area contributed by atoms with E-state index in [9.17, 15) is 9.50 Å². The standard InChI is InChI=1S/C14H21FO2/c1-14(2,16)9-5-4-6-11-10-12(15)7-8-13(11)17-3/h7-8,10,16H,4-6,9H2,1-3H3. The Kier molecular flexibility index (Phi) is 4.94. The summed E-state index contributed by atoms with van der Waals surface area (Å²) in [5.41, 5.74) is 0.273. The summed E-state index contributed by atoms with van der Waals surface area (Å²) in [4.78, 5) is 0. The monoisotopic (exact) mass is 240 g/mol. The zero-order valence-electron chi connectivity index (χ0n) is 10.8. The van der Waals surface area contributed by atoms with Crippen LogP contribution in [0.2, 0.25) is 0 Å². The van der Waals surface area contributed by atoms with Gasteiger partial charge in [0.2, 0.25) is 0 Å². The Balaban J connectivity index is 2.48. The maximum Gasteiger partial charge on any atom is 0.123 e. The van der Waals surface area contributed by atoms with Gasteiger partial charge in [-0.3, -0.25) is 0 Å². The minimum Gasteiger partial charge on any atom is -0.496 e. The van der Waals surface area contributed by atoms with Gasteiger partial charge in [0.15, 0.2) is 0 Å². The molecule has 0 aliphatic rings. The molecule has 3 heteroatoms. The van der Waals surface area contributed by atoms with Gasteiger partial charge in [0.05, 0.1) is 12.7 Å². The quantitative estimate of drug-likeness (QED) is 0.773. The van der Waals surface area contributed by atoms with Crippen molar-refractivity contribution in [3.63, 3.8) is 0 Å². The maximum absolute atomic E-state index is 13.1. The van der Waals surface area contributed by atoms with E-state index in [2.05, 4.69) is 0 Å². The van der Waals surface area contributed by atoms with E-state index in [4.69, 9.17) is 4.74 Å². The lowest BCUT2D eigenvalue weighted by Crippen LogP contribution is -2.17. The Hall–Kier alpha value is -1.09. The molecule has 0 aliphatic heterocycles. The minimum absolute atomic E-state index is 0.233. The Morgan fingerprint density at radius 2 is 2.00 bits per heavy atom. The molecule has 0 atom stereocenters. The van der Waals surface area contributed by atoms with Crippen LogP contribution in [0, 0.1) is 5.82 Å². The highest BCUT2D eigenvalue weighted by Gasteiger charge is 2.11. The second-order valence-electron chi connectivity index (χ2n) is 4.98. The lowest BCUT2D eigenvalue weighted by molar-refractivity contribution is 0.0682. The predicted molar refractivity (Wildman–Crippen MR) is 66.8 cm³/mol. The van der Waals surface area contributed by atoms with Crippen LogP contribution in [0.5, 0.6) is 5.75 Å². The van der Waals surface area contributed by atoms with Crippen LogP contribution in [0.3, 0.4) is 0 Å². The van der Waals surface area contributed by atoms with Gasteiger partial charge in [-0.15, -0.1) is 0 Å². The Morgan fingerprint density at radius 3 is 2.59 bits per heavy atom. The van der Waals surface area contributed by atoms with Crippen LogP contribution in [0.15, 0.2) is 18.2 Å². The van der Waals surface area contributed by atoms with E-state index in [0.717, 1.165) is 37.0 Å². The molecule has 1 rings (SSSR count). The number of rotatable bonds is 6. The first-order chi connectivity index (χ1) is 7.92. The molecule has 0 heterocycles. The van der Waals surface area contributed by atoms with Crippen LogP contribution in [0.25, 0.3) is 0 Å². The molecular weight excluding hydrogens is 219 g/mol. The topological polar surface area (TPSA) is 29.5 Å². The summed E-state index contributed by atoms with van der Waals surface area (Å²) in [6.45, 7) is 3.60. The number of methoxy groups -OCH3 is 1. The van der Waals surface area contributed by atoms with Crippen LogP contribution in [0.1, 0.15) is 38.7 Å². The van der Waals surface area contributed by atoms with Crippen molar-refractivity contribution in [1.29, 1.82) is 0 Å². The molecule has 0 bridgehead atoms. The van der Waals surface area contributed by atoms with Crippen LogP contribution < -0.4 is 4.74 Å². The fourth-order valence-electron chi connectivity index (χ4n) is 1.82. The molecule has 0 aliphatic carbocycles. The largest absolute Gasteiger partial charge is 0.496 e. The van der Waals surface area contributed by atoms with E-state index in [1.807, 2.05) is 0 Å². The Bertz CT molecular complexity index is 356. The van der Waals surface area contributed by atoms with Gasteiger partial charge < -0.3 is 9.84 Å². The van der Waals surface area contributed by atoms with E-state index < -0.39 is 5.60 Å². The van der Waals surface area contributed by atoms with Crippen LogP contribution >= 0.6 is 0 Å². The Labute approximate surface area is 102 Å². The van der Waals surface area contributed by atoms with Gasteiger partial charge in [0.1, 0.15) is 11.6 Å². The number of halogens is 1. The number of aliphatic hydroxyl groups is 1. The number of hydrogen-bond acceptors (Lipinski definition) is 2. The third-order valence-electron chi connectivity index (χ3n) is 2.73. The lowest BCUT2D eigenvalue weighted by atomic mass is 9.99. The molecule has 0 saturated heterocycles. The average Bonchev–Trinajstić information content (AvgIpc) is 2.23. The summed E-state index contributed by atoms with van der Waals surface area (Å²) in [5.74, 6) is 0.498. The van der Waals surface area contributed by atoms with Crippen molar-refractivity contribution < 1.29 is 14.2 Å². The molecule has 0 fully saturated rings. The van der Waals surface area contributed by atoms with E-state index in [1.165, 1.54) is 12.1 Å². The number of aryl methyl sites for hydroxylation is 1. The summed E-state index contributed by atoms with van der Waals surface area (Å²) in [5, 5.41) is 9.58. The summed E-state index contributed by atoms with van der Waals surface area (Å²) < 4.78 is 18.3. The molecule has 0 amide bonds. The summed E-state index contributed by atoms with van der Waals surface area (Å²) in [6.07, 6.45) is 3.37. The van der Waals surface area contributed by atoms with Crippen molar-refractivity contribution in [3.05, 3.63) is 29.6 Å². The normalized spacial score (nSPS) is 11.6. The second kappa shape index (κ2) is 6.01. The van der Waals surface area contributed by atoms with Gasteiger partial charge in [0.25, 0.3) is 0 Å². The molecule has 0 saturated carbocycles. The van der Waals surface area contributed by atoms with Crippen LogP contribution in [0.4, 0.5) is 4.39 Å². The highest BCUT2D eigenvalue weighted by atomic mass is 19.1. The first-order valence-electron chi connectivity index (χ1n) is 5.97. The molecule has 1 aromatic carbocycles. The van der Waals surface area contributed by atoms with Crippen molar-refractivity contribution in [3.8, 4) is 5.75 Å². The fraction of sp³-hybridized carbons (Fsp3) is 0.571. The molecule has 17 heavy (non-hydrogen) atoms. The molecule has 1 aromatic rings. The second-order valence-corrected chi connectivity index (χ2v) is 4.98. The zero-order chi connectivity index (χ0) is 12.9. The lowest BCUT2D eigenvalue weighted by Gasteiger charge is -2.16. The zero-order valence-corrected chi connectivity index (χ0v) is 10.8. The molecule has 2 nitrogen and oxygen atoms in total. The van der Waals surface area contributed by atoms with E-state index in [1.54, 1.807) is 27.0 Å². The molecule has 0 unspecified atom stereocenters. The molecule has 0 spiro atoms. The molecule has 1 N–H and O–H groups in total. The number of unbranched alkanes of at least 4 members (excludes halogenated alkanes) is 1. The van der Waals surface area contributed by atoms with Crippen molar-refractivity contribution in [2.24, 2.45) is 0 Å². The van der Waals surface area contributed by atoms with Gasteiger partial charge in [0, 0.05) is 0 Å². The van der Waals surface area contributed by atoms with Crippen LogP contribution in [-0.4, -0.2) is 17.8 Å². The third-order valence-corrected chi connectivity index (χ3v) is 2.73. The minimum atomic E-state index is -0.619. The SMILES string of the molecule is COc1ccc(F)cc1CCCCC(C)(C)O.